The van der Waals surface area contributed by atoms with Crippen molar-refractivity contribution in [3.8, 4) is 0 Å². The van der Waals surface area contributed by atoms with Crippen molar-refractivity contribution < 1.29 is 9.59 Å². The second kappa shape index (κ2) is 12.1. The molecule has 2 heterocycles. The van der Waals surface area contributed by atoms with E-state index in [2.05, 4.69) is 16.3 Å². The molecule has 0 bridgehead atoms. The van der Waals surface area contributed by atoms with E-state index < -0.39 is 0 Å². The molecule has 2 saturated heterocycles. The molecule has 0 saturated carbocycles. The van der Waals surface area contributed by atoms with Crippen LogP contribution in [-0.2, 0) is 9.59 Å². The molecule has 2 aliphatic rings. The Bertz CT molecular complexity index is 1130. The quantitative estimate of drug-likeness (QED) is 0.434. The maximum absolute atomic E-state index is 13.2. The molecular formula is C28H35Cl3N4O2. The highest BCUT2D eigenvalue weighted by Crippen LogP contribution is 2.34. The summed E-state index contributed by atoms with van der Waals surface area (Å²) in [6.45, 7) is 6.73. The van der Waals surface area contributed by atoms with Crippen molar-refractivity contribution in [2.75, 3.05) is 43.4 Å². The van der Waals surface area contributed by atoms with Gasteiger partial charge in [0.05, 0.1) is 16.8 Å². The number of piperidine rings is 2. The summed E-state index contributed by atoms with van der Waals surface area (Å²) < 4.78 is 0. The van der Waals surface area contributed by atoms with Crippen molar-refractivity contribution in [2.24, 2.45) is 5.92 Å². The van der Waals surface area contributed by atoms with Gasteiger partial charge >= 0.3 is 0 Å². The van der Waals surface area contributed by atoms with Crippen LogP contribution in [0.3, 0.4) is 0 Å². The van der Waals surface area contributed by atoms with Gasteiger partial charge in [-0.1, -0.05) is 40.9 Å². The standard InChI is InChI=1S/C28H35Cl3N4O2/c1-18(24-6-4-21(29)16-26(24)31)32-27-17-23(5-7-25(27)30)34-12-8-20(9-13-34)28(37)35-14-10-22(11-15-35)33(3)19(2)36/h4-7,16-18,20,22,32H,8-15H2,1-3H3/t18-/m1/s1. The van der Waals surface area contributed by atoms with E-state index in [-0.39, 0.29) is 29.8 Å². The lowest BCUT2D eigenvalue weighted by atomic mass is 9.93. The summed E-state index contributed by atoms with van der Waals surface area (Å²) in [4.78, 5) is 31.0. The first-order chi connectivity index (χ1) is 17.6. The van der Waals surface area contributed by atoms with Gasteiger partial charge in [-0.2, -0.15) is 0 Å². The van der Waals surface area contributed by atoms with E-state index in [4.69, 9.17) is 34.8 Å². The maximum Gasteiger partial charge on any atom is 0.225 e. The smallest absolute Gasteiger partial charge is 0.225 e. The number of hydrogen-bond acceptors (Lipinski definition) is 4. The number of anilines is 2. The first kappa shape index (κ1) is 27.9. The predicted molar refractivity (Wildman–Crippen MR) is 153 cm³/mol. The minimum atomic E-state index is -0.0553. The number of nitrogens with zero attached hydrogens (tertiary/aromatic N) is 3. The molecule has 2 fully saturated rings. The monoisotopic (exact) mass is 564 g/mol. The van der Waals surface area contributed by atoms with Crippen molar-refractivity contribution in [1.29, 1.82) is 0 Å². The highest BCUT2D eigenvalue weighted by Gasteiger charge is 2.32. The van der Waals surface area contributed by atoms with Gasteiger partial charge in [0.25, 0.3) is 0 Å². The van der Waals surface area contributed by atoms with E-state index >= 15 is 0 Å². The third-order valence-electron chi connectivity index (χ3n) is 7.78. The van der Waals surface area contributed by atoms with Crippen LogP contribution in [0.4, 0.5) is 11.4 Å². The molecule has 9 heteroatoms. The number of amides is 2. The summed E-state index contributed by atoms with van der Waals surface area (Å²) in [5.74, 6) is 0.395. The molecule has 0 radical (unpaired) electrons. The van der Waals surface area contributed by atoms with Crippen molar-refractivity contribution in [3.05, 3.63) is 57.0 Å². The van der Waals surface area contributed by atoms with Crippen molar-refractivity contribution in [1.82, 2.24) is 9.80 Å². The van der Waals surface area contributed by atoms with Crippen molar-refractivity contribution >= 4 is 58.0 Å². The van der Waals surface area contributed by atoms with Gasteiger partial charge in [-0.3, -0.25) is 9.59 Å². The lowest BCUT2D eigenvalue weighted by Gasteiger charge is -2.39. The van der Waals surface area contributed by atoms with Crippen LogP contribution in [0.15, 0.2) is 36.4 Å². The highest BCUT2D eigenvalue weighted by molar-refractivity contribution is 6.35. The molecule has 0 spiro atoms. The van der Waals surface area contributed by atoms with E-state index in [1.807, 2.05) is 43.1 Å². The fourth-order valence-corrected chi connectivity index (χ4v) is 6.10. The second-order valence-electron chi connectivity index (χ2n) is 10.1. The second-order valence-corrected chi connectivity index (χ2v) is 11.4. The Kier molecular flexibility index (Phi) is 9.15. The molecule has 2 aliphatic heterocycles. The molecule has 0 aliphatic carbocycles. The summed E-state index contributed by atoms with van der Waals surface area (Å²) in [6, 6.07) is 11.7. The third-order valence-corrected chi connectivity index (χ3v) is 8.67. The Morgan fingerprint density at radius 3 is 2.24 bits per heavy atom. The van der Waals surface area contributed by atoms with Crippen LogP contribution in [-0.4, -0.2) is 60.9 Å². The average Bonchev–Trinajstić information content (AvgIpc) is 2.89. The molecule has 1 N–H and O–H groups in total. The van der Waals surface area contributed by atoms with Gasteiger partial charge in [-0.05, 0) is 68.5 Å². The lowest BCUT2D eigenvalue weighted by molar-refractivity contribution is -0.138. The summed E-state index contributed by atoms with van der Waals surface area (Å²) in [7, 11) is 1.85. The van der Waals surface area contributed by atoms with E-state index in [0.717, 1.165) is 68.8 Å². The minimum absolute atomic E-state index is 0.0512. The molecule has 2 aromatic rings. The van der Waals surface area contributed by atoms with Crippen LogP contribution in [0.2, 0.25) is 15.1 Å². The van der Waals surface area contributed by atoms with E-state index in [9.17, 15) is 9.59 Å². The number of nitrogens with one attached hydrogen (secondary N) is 1. The molecule has 0 aromatic heterocycles. The van der Waals surface area contributed by atoms with Crippen LogP contribution < -0.4 is 10.2 Å². The molecule has 200 valence electrons. The number of hydrogen-bond donors (Lipinski definition) is 1. The zero-order valence-corrected chi connectivity index (χ0v) is 23.9. The number of likely N-dealkylation sites (tertiary alicyclic amines) is 1. The summed E-state index contributed by atoms with van der Waals surface area (Å²) in [5.41, 5.74) is 2.87. The van der Waals surface area contributed by atoms with Crippen LogP contribution in [0.25, 0.3) is 0 Å². The highest BCUT2D eigenvalue weighted by atomic mass is 35.5. The molecule has 37 heavy (non-hydrogen) atoms. The molecule has 4 rings (SSSR count). The minimum Gasteiger partial charge on any atom is -0.377 e. The van der Waals surface area contributed by atoms with Gasteiger partial charge in [0.2, 0.25) is 11.8 Å². The van der Waals surface area contributed by atoms with E-state index in [1.54, 1.807) is 17.9 Å². The van der Waals surface area contributed by atoms with Crippen LogP contribution in [0.5, 0.6) is 0 Å². The largest absolute Gasteiger partial charge is 0.377 e. The van der Waals surface area contributed by atoms with Crippen molar-refractivity contribution in [2.45, 2.75) is 51.6 Å². The van der Waals surface area contributed by atoms with Gasteiger partial charge in [0.1, 0.15) is 0 Å². The van der Waals surface area contributed by atoms with Gasteiger partial charge < -0.3 is 20.0 Å². The molecule has 0 unspecified atom stereocenters. The average molecular weight is 566 g/mol. The van der Waals surface area contributed by atoms with Gasteiger partial charge in [-0.25, -0.2) is 0 Å². The third kappa shape index (κ3) is 6.65. The zero-order chi connectivity index (χ0) is 26.7. The predicted octanol–water partition coefficient (Wildman–Crippen LogP) is 6.51. The number of rotatable bonds is 6. The summed E-state index contributed by atoms with van der Waals surface area (Å²) in [5, 5.41) is 5.34. The van der Waals surface area contributed by atoms with E-state index in [1.165, 1.54) is 0 Å². The maximum atomic E-state index is 13.2. The van der Waals surface area contributed by atoms with Crippen molar-refractivity contribution in [3.63, 3.8) is 0 Å². The Hall–Kier alpha value is -2.15. The Morgan fingerprint density at radius 1 is 0.946 bits per heavy atom. The zero-order valence-electron chi connectivity index (χ0n) is 21.6. The molecule has 2 aromatic carbocycles. The fraction of sp³-hybridized carbons (Fsp3) is 0.500. The van der Waals surface area contributed by atoms with Crippen LogP contribution in [0.1, 0.15) is 51.1 Å². The SMILES string of the molecule is CC(=O)N(C)C1CCN(C(=O)C2CCN(c3ccc(Cl)c(N[C@H](C)c4ccc(Cl)cc4Cl)c3)CC2)CC1. The van der Waals surface area contributed by atoms with Gasteiger partial charge in [0, 0.05) is 67.8 Å². The Labute approximate surface area is 234 Å². The Balaban J connectivity index is 1.33. The topological polar surface area (TPSA) is 55.9 Å². The fourth-order valence-electron chi connectivity index (χ4n) is 5.36. The first-order valence-corrected chi connectivity index (χ1v) is 14.1. The van der Waals surface area contributed by atoms with E-state index in [0.29, 0.717) is 15.1 Å². The number of carbonyl (C=O) groups is 2. The van der Waals surface area contributed by atoms with Gasteiger partial charge in [-0.15, -0.1) is 0 Å². The molecule has 1 atom stereocenters. The normalized spacial score (nSPS) is 18.0. The molecule has 6 nitrogen and oxygen atoms in total. The first-order valence-electron chi connectivity index (χ1n) is 12.9. The Morgan fingerprint density at radius 2 is 1.62 bits per heavy atom. The van der Waals surface area contributed by atoms with Crippen LogP contribution in [0, 0.1) is 5.92 Å². The van der Waals surface area contributed by atoms with Gasteiger partial charge in [0.15, 0.2) is 0 Å². The number of benzene rings is 2. The summed E-state index contributed by atoms with van der Waals surface area (Å²) >= 11 is 19.0. The molecular weight excluding hydrogens is 531 g/mol. The summed E-state index contributed by atoms with van der Waals surface area (Å²) in [6.07, 6.45) is 3.35. The molecule has 2 amide bonds. The van der Waals surface area contributed by atoms with Crippen LogP contribution >= 0.6 is 34.8 Å². The number of carbonyl (C=O) groups excluding carboxylic acids is 2. The number of halogens is 3. The lowest BCUT2D eigenvalue weighted by Crippen LogP contribution is -2.49.